The van der Waals surface area contributed by atoms with Crippen molar-refractivity contribution in [2.75, 3.05) is 13.1 Å². The van der Waals surface area contributed by atoms with E-state index in [9.17, 15) is 14.3 Å². The van der Waals surface area contributed by atoms with Crippen molar-refractivity contribution >= 4 is 5.91 Å². The summed E-state index contributed by atoms with van der Waals surface area (Å²) < 4.78 is 13.0. The lowest BCUT2D eigenvalue weighted by Crippen LogP contribution is -2.40. The number of carbonyl (C=O) groups excluding carboxylic acids is 1. The fourth-order valence-corrected chi connectivity index (χ4v) is 3.48. The minimum Gasteiger partial charge on any atom is -0.508 e. The van der Waals surface area contributed by atoms with Crippen LogP contribution in [0.3, 0.4) is 0 Å². The molecule has 1 amide bonds. The molecule has 2 aromatic carbocycles. The average Bonchev–Trinajstić information content (AvgIpc) is 2.63. The molecule has 0 saturated carbocycles. The van der Waals surface area contributed by atoms with Crippen molar-refractivity contribution < 1.29 is 14.3 Å². The van der Waals surface area contributed by atoms with Gasteiger partial charge in [0, 0.05) is 18.7 Å². The van der Waals surface area contributed by atoms with Crippen LogP contribution in [0.15, 0.2) is 48.5 Å². The number of likely N-dealkylation sites (tertiary alicyclic amines) is 1. The van der Waals surface area contributed by atoms with Gasteiger partial charge in [0.05, 0.1) is 6.42 Å². The number of phenols is 1. The van der Waals surface area contributed by atoms with E-state index >= 15 is 0 Å². The first-order valence-corrected chi connectivity index (χ1v) is 8.91. The minimum absolute atomic E-state index is 0.0768. The first kappa shape index (κ1) is 17.5. The van der Waals surface area contributed by atoms with Gasteiger partial charge in [-0.15, -0.1) is 0 Å². The SMILES string of the molecule is O=C(Cc1ccccc1O)N1CCC[C@H](CCc2ccc(F)cc2)C1. The van der Waals surface area contributed by atoms with Crippen LogP contribution in [-0.4, -0.2) is 29.0 Å². The molecular formula is C21H24FNO2. The Kier molecular flexibility index (Phi) is 5.69. The lowest BCUT2D eigenvalue weighted by atomic mass is 9.91. The van der Waals surface area contributed by atoms with Crippen LogP contribution < -0.4 is 0 Å². The zero-order valence-electron chi connectivity index (χ0n) is 14.3. The third-order valence-electron chi connectivity index (χ3n) is 4.96. The molecule has 1 saturated heterocycles. The highest BCUT2D eigenvalue weighted by Gasteiger charge is 2.24. The topological polar surface area (TPSA) is 40.5 Å². The van der Waals surface area contributed by atoms with Gasteiger partial charge >= 0.3 is 0 Å². The summed E-state index contributed by atoms with van der Waals surface area (Å²) in [7, 11) is 0. The van der Waals surface area contributed by atoms with Crippen LogP contribution >= 0.6 is 0 Å². The van der Waals surface area contributed by atoms with Gasteiger partial charge in [-0.3, -0.25) is 4.79 Å². The number of halogens is 1. The fourth-order valence-electron chi connectivity index (χ4n) is 3.48. The summed E-state index contributed by atoms with van der Waals surface area (Å²) in [6.45, 7) is 1.56. The monoisotopic (exact) mass is 341 g/mol. The van der Waals surface area contributed by atoms with Gasteiger partial charge in [-0.1, -0.05) is 30.3 Å². The number of aromatic hydroxyl groups is 1. The molecule has 3 rings (SSSR count). The second-order valence-electron chi connectivity index (χ2n) is 6.82. The normalized spacial score (nSPS) is 17.5. The number of para-hydroxylation sites is 1. The van der Waals surface area contributed by atoms with Crippen LogP contribution in [0, 0.1) is 11.7 Å². The van der Waals surface area contributed by atoms with Gasteiger partial charge in [0.25, 0.3) is 0 Å². The van der Waals surface area contributed by atoms with Crippen LogP contribution in [0.25, 0.3) is 0 Å². The molecule has 0 unspecified atom stereocenters. The summed E-state index contributed by atoms with van der Waals surface area (Å²) >= 11 is 0. The maximum Gasteiger partial charge on any atom is 0.227 e. The molecular weight excluding hydrogens is 317 g/mol. The Bertz CT molecular complexity index is 714. The number of hydrogen-bond donors (Lipinski definition) is 1. The van der Waals surface area contributed by atoms with Crippen molar-refractivity contribution in [2.24, 2.45) is 5.92 Å². The first-order valence-electron chi connectivity index (χ1n) is 8.91. The lowest BCUT2D eigenvalue weighted by molar-refractivity contribution is -0.132. The van der Waals surface area contributed by atoms with E-state index in [2.05, 4.69) is 0 Å². The molecule has 0 spiro atoms. The molecule has 2 aromatic rings. The molecule has 132 valence electrons. The number of aryl methyl sites for hydroxylation is 1. The largest absolute Gasteiger partial charge is 0.508 e. The molecule has 1 aliphatic rings. The Morgan fingerprint density at radius 3 is 2.68 bits per heavy atom. The molecule has 0 aromatic heterocycles. The van der Waals surface area contributed by atoms with Crippen LogP contribution in [0.2, 0.25) is 0 Å². The van der Waals surface area contributed by atoms with Crippen molar-refractivity contribution in [3.63, 3.8) is 0 Å². The highest BCUT2D eigenvalue weighted by molar-refractivity contribution is 5.79. The summed E-state index contributed by atoms with van der Waals surface area (Å²) in [5.74, 6) is 0.531. The lowest BCUT2D eigenvalue weighted by Gasteiger charge is -2.33. The summed E-state index contributed by atoms with van der Waals surface area (Å²) in [5, 5.41) is 9.84. The van der Waals surface area contributed by atoms with Crippen LogP contribution in [0.1, 0.15) is 30.4 Å². The quantitative estimate of drug-likeness (QED) is 0.895. The number of hydrogen-bond acceptors (Lipinski definition) is 2. The highest BCUT2D eigenvalue weighted by atomic mass is 19.1. The number of carbonyl (C=O) groups is 1. The van der Waals surface area contributed by atoms with E-state index in [0.29, 0.717) is 11.5 Å². The van der Waals surface area contributed by atoms with E-state index < -0.39 is 0 Å². The van der Waals surface area contributed by atoms with Gasteiger partial charge in [0.1, 0.15) is 11.6 Å². The Morgan fingerprint density at radius 2 is 1.92 bits per heavy atom. The fraction of sp³-hybridized carbons (Fsp3) is 0.381. The van der Waals surface area contributed by atoms with E-state index in [0.717, 1.165) is 44.3 Å². The van der Waals surface area contributed by atoms with Crippen molar-refractivity contribution in [1.29, 1.82) is 0 Å². The van der Waals surface area contributed by atoms with Gasteiger partial charge < -0.3 is 10.0 Å². The number of rotatable bonds is 5. The Hall–Kier alpha value is -2.36. The van der Waals surface area contributed by atoms with Crippen molar-refractivity contribution in [3.05, 3.63) is 65.5 Å². The first-order chi connectivity index (χ1) is 12.1. The summed E-state index contributed by atoms with van der Waals surface area (Å²) in [6.07, 6.45) is 4.30. The van der Waals surface area contributed by atoms with Gasteiger partial charge in [-0.25, -0.2) is 4.39 Å². The van der Waals surface area contributed by atoms with Crippen LogP contribution in [0.5, 0.6) is 5.75 Å². The van der Waals surface area contributed by atoms with Gasteiger partial charge in [0.2, 0.25) is 5.91 Å². The predicted octanol–water partition coefficient (Wildman–Crippen LogP) is 3.95. The molecule has 1 aliphatic heterocycles. The van der Waals surface area contributed by atoms with E-state index in [-0.39, 0.29) is 23.9 Å². The van der Waals surface area contributed by atoms with E-state index in [4.69, 9.17) is 0 Å². The molecule has 25 heavy (non-hydrogen) atoms. The highest BCUT2D eigenvalue weighted by Crippen LogP contribution is 2.23. The Morgan fingerprint density at radius 1 is 1.16 bits per heavy atom. The van der Waals surface area contributed by atoms with E-state index in [1.165, 1.54) is 12.1 Å². The maximum absolute atomic E-state index is 13.0. The average molecular weight is 341 g/mol. The number of phenolic OH excluding ortho intramolecular Hbond substituents is 1. The molecule has 0 radical (unpaired) electrons. The molecule has 4 heteroatoms. The Labute approximate surface area is 148 Å². The second-order valence-corrected chi connectivity index (χ2v) is 6.82. The van der Waals surface area contributed by atoms with Gasteiger partial charge in [0.15, 0.2) is 0 Å². The molecule has 1 heterocycles. The zero-order valence-corrected chi connectivity index (χ0v) is 14.3. The molecule has 1 atom stereocenters. The molecule has 1 N–H and O–H groups in total. The molecule has 0 aliphatic carbocycles. The summed E-state index contributed by atoms with van der Waals surface area (Å²) in [6, 6.07) is 13.7. The molecule has 1 fully saturated rings. The Balaban J connectivity index is 1.52. The number of amides is 1. The number of benzene rings is 2. The molecule has 0 bridgehead atoms. The number of piperidine rings is 1. The third kappa shape index (κ3) is 4.81. The van der Waals surface area contributed by atoms with E-state index in [1.807, 2.05) is 23.1 Å². The van der Waals surface area contributed by atoms with Crippen molar-refractivity contribution in [2.45, 2.75) is 32.1 Å². The second kappa shape index (κ2) is 8.15. The van der Waals surface area contributed by atoms with Gasteiger partial charge in [-0.05, 0) is 55.4 Å². The maximum atomic E-state index is 13.0. The smallest absolute Gasteiger partial charge is 0.227 e. The van der Waals surface area contributed by atoms with Crippen molar-refractivity contribution in [3.8, 4) is 5.75 Å². The summed E-state index contributed by atoms with van der Waals surface area (Å²) in [4.78, 5) is 14.5. The van der Waals surface area contributed by atoms with E-state index in [1.54, 1.807) is 18.2 Å². The van der Waals surface area contributed by atoms with Crippen LogP contribution in [0.4, 0.5) is 4.39 Å². The van der Waals surface area contributed by atoms with Gasteiger partial charge in [-0.2, -0.15) is 0 Å². The third-order valence-corrected chi connectivity index (χ3v) is 4.96. The van der Waals surface area contributed by atoms with Crippen LogP contribution in [-0.2, 0) is 17.6 Å². The predicted molar refractivity (Wildman–Crippen MR) is 95.8 cm³/mol. The zero-order chi connectivity index (χ0) is 17.6. The molecule has 3 nitrogen and oxygen atoms in total. The summed E-state index contributed by atoms with van der Waals surface area (Å²) in [5.41, 5.74) is 1.82. The standard InChI is InChI=1S/C21H24FNO2/c22-19-11-9-16(10-12-19)7-8-17-4-3-13-23(15-17)21(25)14-18-5-1-2-6-20(18)24/h1-2,5-6,9-12,17,24H,3-4,7-8,13-15H2/t17-/m1/s1. The minimum atomic E-state index is -0.206. The van der Waals surface area contributed by atoms with Crippen molar-refractivity contribution in [1.82, 2.24) is 4.90 Å². The number of nitrogens with zero attached hydrogens (tertiary/aromatic N) is 1.